The van der Waals surface area contributed by atoms with Crippen molar-refractivity contribution in [1.29, 1.82) is 0 Å². The molecular weight excluding hydrogens is 246 g/mol. The Kier molecular flexibility index (Phi) is 5.19. The Morgan fingerprint density at radius 3 is 2.40 bits per heavy atom. The van der Waals surface area contributed by atoms with Crippen LogP contribution in [0.15, 0.2) is 48.5 Å². The molecule has 0 aromatic heterocycles. The van der Waals surface area contributed by atoms with Gasteiger partial charge in [-0.15, -0.1) is 0 Å². The van der Waals surface area contributed by atoms with Gasteiger partial charge in [0.1, 0.15) is 11.5 Å². The molecule has 2 aromatic rings. The summed E-state index contributed by atoms with van der Waals surface area (Å²) in [6, 6.07) is 16.2. The molecule has 20 heavy (non-hydrogen) atoms. The second kappa shape index (κ2) is 7.11. The molecule has 106 valence electrons. The van der Waals surface area contributed by atoms with Crippen molar-refractivity contribution in [1.82, 2.24) is 0 Å². The molecule has 0 aliphatic heterocycles. The van der Waals surface area contributed by atoms with Gasteiger partial charge in [0.15, 0.2) is 0 Å². The van der Waals surface area contributed by atoms with Crippen LogP contribution in [0.2, 0.25) is 0 Å². The number of aryl methyl sites for hydroxylation is 1. The predicted molar refractivity (Wildman–Crippen MR) is 84.2 cm³/mol. The zero-order chi connectivity index (χ0) is 14.4. The van der Waals surface area contributed by atoms with Crippen molar-refractivity contribution in [3.63, 3.8) is 0 Å². The SMILES string of the molecule is CCCCc1ccc(Oc2ccccc2[C@H](C)N)cc1. The molecule has 0 saturated heterocycles. The first-order chi connectivity index (χ1) is 9.70. The van der Waals surface area contributed by atoms with E-state index >= 15 is 0 Å². The Morgan fingerprint density at radius 2 is 1.75 bits per heavy atom. The highest BCUT2D eigenvalue weighted by molar-refractivity contribution is 5.39. The molecule has 1 atom stereocenters. The maximum absolute atomic E-state index is 5.97. The van der Waals surface area contributed by atoms with Gasteiger partial charge in [-0.2, -0.15) is 0 Å². The van der Waals surface area contributed by atoms with Gasteiger partial charge in [0.05, 0.1) is 0 Å². The highest BCUT2D eigenvalue weighted by atomic mass is 16.5. The number of para-hydroxylation sites is 1. The molecule has 2 aromatic carbocycles. The summed E-state index contributed by atoms with van der Waals surface area (Å²) in [7, 11) is 0. The van der Waals surface area contributed by atoms with E-state index < -0.39 is 0 Å². The van der Waals surface area contributed by atoms with Crippen LogP contribution in [0.1, 0.15) is 43.9 Å². The summed E-state index contributed by atoms with van der Waals surface area (Å²) in [6.07, 6.45) is 3.58. The number of hydrogen-bond acceptors (Lipinski definition) is 2. The van der Waals surface area contributed by atoms with E-state index in [1.807, 2.05) is 43.3 Å². The molecule has 0 amide bonds. The molecule has 0 radical (unpaired) electrons. The van der Waals surface area contributed by atoms with Crippen LogP contribution in [0.5, 0.6) is 11.5 Å². The van der Waals surface area contributed by atoms with E-state index in [1.54, 1.807) is 0 Å². The second-order valence-corrected chi connectivity index (χ2v) is 5.18. The number of hydrogen-bond donors (Lipinski definition) is 1. The Labute approximate surface area is 121 Å². The molecular formula is C18H23NO. The number of rotatable bonds is 6. The maximum Gasteiger partial charge on any atom is 0.132 e. The molecule has 2 rings (SSSR count). The first-order valence-corrected chi connectivity index (χ1v) is 7.32. The fourth-order valence-corrected chi connectivity index (χ4v) is 2.18. The van der Waals surface area contributed by atoms with Gasteiger partial charge in [-0.3, -0.25) is 0 Å². The van der Waals surface area contributed by atoms with Crippen molar-refractivity contribution < 1.29 is 4.74 Å². The van der Waals surface area contributed by atoms with Gasteiger partial charge in [-0.05, 0) is 43.5 Å². The van der Waals surface area contributed by atoms with Crippen LogP contribution in [-0.4, -0.2) is 0 Å². The lowest BCUT2D eigenvalue weighted by atomic mass is 10.1. The van der Waals surface area contributed by atoms with Crippen LogP contribution in [0.25, 0.3) is 0 Å². The van der Waals surface area contributed by atoms with Crippen LogP contribution >= 0.6 is 0 Å². The van der Waals surface area contributed by atoms with Gasteiger partial charge in [-0.1, -0.05) is 43.7 Å². The molecule has 2 heteroatoms. The van der Waals surface area contributed by atoms with E-state index in [1.165, 1.54) is 18.4 Å². The standard InChI is InChI=1S/C18H23NO/c1-3-4-7-15-10-12-16(13-11-15)20-18-9-6-5-8-17(18)14(2)19/h5-6,8-14H,3-4,7,19H2,1-2H3/t14-/m0/s1. The Bertz CT molecular complexity index is 531. The summed E-state index contributed by atoms with van der Waals surface area (Å²) in [6.45, 7) is 4.18. The highest BCUT2D eigenvalue weighted by Gasteiger charge is 2.07. The lowest BCUT2D eigenvalue weighted by Gasteiger charge is -2.13. The minimum Gasteiger partial charge on any atom is -0.457 e. The Morgan fingerprint density at radius 1 is 1.05 bits per heavy atom. The predicted octanol–water partition coefficient (Wildman–Crippen LogP) is 4.84. The number of benzene rings is 2. The summed E-state index contributed by atoms with van der Waals surface area (Å²) >= 11 is 0. The topological polar surface area (TPSA) is 35.2 Å². The third kappa shape index (κ3) is 3.84. The summed E-state index contributed by atoms with van der Waals surface area (Å²) in [5.74, 6) is 1.70. The van der Waals surface area contributed by atoms with Gasteiger partial charge in [0.25, 0.3) is 0 Å². The molecule has 0 spiro atoms. The first-order valence-electron chi connectivity index (χ1n) is 7.32. The average Bonchev–Trinajstić information content (AvgIpc) is 2.47. The van der Waals surface area contributed by atoms with Gasteiger partial charge in [0.2, 0.25) is 0 Å². The fraction of sp³-hybridized carbons (Fsp3) is 0.333. The van der Waals surface area contributed by atoms with Crippen LogP contribution in [0.4, 0.5) is 0 Å². The molecule has 0 bridgehead atoms. The normalized spacial score (nSPS) is 12.2. The zero-order valence-electron chi connectivity index (χ0n) is 12.3. The Balaban J connectivity index is 2.10. The van der Waals surface area contributed by atoms with Crippen molar-refractivity contribution in [2.24, 2.45) is 5.73 Å². The lowest BCUT2D eigenvalue weighted by molar-refractivity contribution is 0.472. The third-order valence-electron chi connectivity index (χ3n) is 3.38. The second-order valence-electron chi connectivity index (χ2n) is 5.18. The maximum atomic E-state index is 5.97. The minimum absolute atomic E-state index is 0.0324. The van der Waals surface area contributed by atoms with E-state index in [4.69, 9.17) is 10.5 Å². The summed E-state index contributed by atoms with van der Waals surface area (Å²) < 4.78 is 5.95. The number of ether oxygens (including phenoxy) is 1. The third-order valence-corrected chi connectivity index (χ3v) is 3.38. The minimum atomic E-state index is -0.0324. The quantitative estimate of drug-likeness (QED) is 0.814. The number of unbranched alkanes of at least 4 members (excludes halogenated alkanes) is 1. The monoisotopic (exact) mass is 269 g/mol. The molecule has 0 aliphatic rings. The van der Waals surface area contributed by atoms with Crippen molar-refractivity contribution >= 4 is 0 Å². The summed E-state index contributed by atoms with van der Waals surface area (Å²) in [5, 5.41) is 0. The smallest absolute Gasteiger partial charge is 0.132 e. The highest BCUT2D eigenvalue weighted by Crippen LogP contribution is 2.28. The first kappa shape index (κ1) is 14.6. The molecule has 0 heterocycles. The molecule has 0 saturated carbocycles. The van der Waals surface area contributed by atoms with Crippen molar-refractivity contribution in [3.8, 4) is 11.5 Å². The molecule has 0 aliphatic carbocycles. The molecule has 0 fully saturated rings. The van der Waals surface area contributed by atoms with Gasteiger partial charge >= 0.3 is 0 Å². The Hall–Kier alpha value is -1.80. The van der Waals surface area contributed by atoms with E-state index in [-0.39, 0.29) is 6.04 Å². The van der Waals surface area contributed by atoms with E-state index in [9.17, 15) is 0 Å². The summed E-state index contributed by atoms with van der Waals surface area (Å²) in [5.41, 5.74) is 8.36. The summed E-state index contributed by atoms with van der Waals surface area (Å²) in [4.78, 5) is 0. The zero-order valence-corrected chi connectivity index (χ0v) is 12.3. The van der Waals surface area contributed by atoms with Crippen LogP contribution < -0.4 is 10.5 Å². The van der Waals surface area contributed by atoms with E-state index in [2.05, 4.69) is 19.1 Å². The van der Waals surface area contributed by atoms with Crippen LogP contribution in [-0.2, 0) is 6.42 Å². The van der Waals surface area contributed by atoms with E-state index in [0.29, 0.717) is 0 Å². The van der Waals surface area contributed by atoms with Crippen molar-refractivity contribution in [3.05, 3.63) is 59.7 Å². The van der Waals surface area contributed by atoms with E-state index in [0.717, 1.165) is 23.5 Å². The number of nitrogens with two attached hydrogens (primary N) is 1. The van der Waals surface area contributed by atoms with Gasteiger partial charge < -0.3 is 10.5 Å². The lowest BCUT2D eigenvalue weighted by Crippen LogP contribution is -2.06. The average molecular weight is 269 g/mol. The van der Waals surface area contributed by atoms with Gasteiger partial charge in [0, 0.05) is 11.6 Å². The van der Waals surface area contributed by atoms with Gasteiger partial charge in [-0.25, -0.2) is 0 Å². The van der Waals surface area contributed by atoms with Crippen LogP contribution in [0.3, 0.4) is 0 Å². The molecule has 0 unspecified atom stereocenters. The van der Waals surface area contributed by atoms with Crippen LogP contribution in [0, 0.1) is 0 Å². The molecule has 2 nitrogen and oxygen atoms in total. The van der Waals surface area contributed by atoms with Crippen molar-refractivity contribution in [2.45, 2.75) is 39.2 Å². The largest absolute Gasteiger partial charge is 0.457 e. The van der Waals surface area contributed by atoms with Crippen molar-refractivity contribution in [2.75, 3.05) is 0 Å². The fourth-order valence-electron chi connectivity index (χ4n) is 2.18. The molecule has 2 N–H and O–H groups in total.